The number of hydrogen-bond acceptors (Lipinski definition) is 2. The van der Waals surface area contributed by atoms with Gasteiger partial charge in [0.1, 0.15) is 0 Å². The van der Waals surface area contributed by atoms with Crippen molar-refractivity contribution in [1.82, 2.24) is 5.32 Å². The highest BCUT2D eigenvalue weighted by atomic mass is 79.9. The normalized spacial score (nSPS) is 12.2. The first-order valence-corrected chi connectivity index (χ1v) is 7.73. The molecule has 0 aliphatic heterocycles. The Morgan fingerprint density at radius 3 is 2.58 bits per heavy atom. The van der Waals surface area contributed by atoms with Gasteiger partial charge in [0.05, 0.1) is 0 Å². The molecule has 4 heteroatoms. The Balaban J connectivity index is 2.69. The fourth-order valence-electron chi connectivity index (χ4n) is 2.10. The van der Waals surface area contributed by atoms with Crippen molar-refractivity contribution in [1.29, 1.82) is 0 Å². The Hall–Kier alpha value is -1.03. The van der Waals surface area contributed by atoms with Gasteiger partial charge in [-0.3, -0.25) is 4.79 Å². The Kier molecular flexibility index (Phi) is 6.92. The number of unbranched alkanes of at least 4 members (excludes halogenated alkanes) is 1. The molecule has 19 heavy (non-hydrogen) atoms. The lowest BCUT2D eigenvalue weighted by atomic mass is 10.0. The fourth-order valence-corrected chi connectivity index (χ4v) is 2.61. The van der Waals surface area contributed by atoms with Crippen molar-refractivity contribution in [3.05, 3.63) is 28.2 Å². The molecule has 0 radical (unpaired) electrons. The summed E-state index contributed by atoms with van der Waals surface area (Å²) < 4.78 is 0.832. The first-order chi connectivity index (χ1) is 9.06. The van der Waals surface area contributed by atoms with E-state index in [1.54, 1.807) is 18.2 Å². The Bertz CT molecular complexity index is 400. The maximum absolute atomic E-state index is 12.2. The van der Waals surface area contributed by atoms with Gasteiger partial charge in [-0.2, -0.15) is 0 Å². The predicted molar refractivity (Wildman–Crippen MR) is 84.2 cm³/mol. The zero-order valence-electron chi connectivity index (χ0n) is 11.7. The summed E-state index contributed by atoms with van der Waals surface area (Å²) >= 11 is 3.36. The molecule has 1 atom stereocenters. The van der Waals surface area contributed by atoms with E-state index >= 15 is 0 Å². The van der Waals surface area contributed by atoms with Gasteiger partial charge in [0.25, 0.3) is 5.91 Å². The zero-order chi connectivity index (χ0) is 14.3. The van der Waals surface area contributed by atoms with Gasteiger partial charge in [-0.1, -0.05) is 49.0 Å². The number of nitrogens with two attached hydrogens (primary N) is 1. The molecule has 0 bridgehead atoms. The van der Waals surface area contributed by atoms with E-state index < -0.39 is 0 Å². The van der Waals surface area contributed by atoms with Crippen LogP contribution in [0.2, 0.25) is 0 Å². The van der Waals surface area contributed by atoms with Gasteiger partial charge >= 0.3 is 0 Å². The first-order valence-electron chi connectivity index (χ1n) is 6.93. The average Bonchev–Trinajstić information content (AvgIpc) is 2.35. The molecule has 3 N–H and O–H groups in total. The third kappa shape index (κ3) is 5.64. The second-order valence-electron chi connectivity index (χ2n) is 4.87. The molecule has 0 aliphatic rings. The van der Waals surface area contributed by atoms with E-state index in [2.05, 4.69) is 35.1 Å². The maximum Gasteiger partial charge on any atom is 0.251 e. The molecular formula is C15H23BrN2O. The van der Waals surface area contributed by atoms with Gasteiger partial charge in [-0.15, -0.1) is 0 Å². The number of rotatable bonds is 7. The minimum atomic E-state index is -0.0393. The summed E-state index contributed by atoms with van der Waals surface area (Å²) in [6.07, 6.45) is 5.44. The summed E-state index contributed by atoms with van der Waals surface area (Å²) in [7, 11) is 0. The molecule has 0 fully saturated rings. The van der Waals surface area contributed by atoms with E-state index in [0.29, 0.717) is 11.3 Å². The average molecular weight is 327 g/mol. The minimum Gasteiger partial charge on any atom is -0.399 e. The van der Waals surface area contributed by atoms with Crippen molar-refractivity contribution in [2.75, 3.05) is 5.73 Å². The van der Waals surface area contributed by atoms with Crippen LogP contribution in [-0.2, 0) is 0 Å². The maximum atomic E-state index is 12.2. The smallest absolute Gasteiger partial charge is 0.251 e. The molecule has 1 rings (SSSR count). The number of anilines is 1. The van der Waals surface area contributed by atoms with E-state index in [4.69, 9.17) is 5.73 Å². The summed E-state index contributed by atoms with van der Waals surface area (Å²) in [4.78, 5) is 12.2. The van der Waals surface area contributed by atoms with Crippen molar-refractivity contribution in [2.45, 2.75) is 52.0 Å². The van der Waals surface area contributed by atoms with Crippen LogP contribution in [0.5, 0.6) is 0 Å². The van der Waals surface area contributed by atoms with E-state index in [9.17, 15) is 4.79 Å². The number of hydrogen-bond donors (Lipinski definition) is 2. The number of carbonyl (C=O) groups is 1. The van der Waals surface area contributed by atoms with Gasteiger partial charge in [-0.05, 0) is 31.0 Å². The van der Waals surface area contributed by atoms with Crippen molar-refractivity contribution in [3.8, 4) is 0 Å². The molecular weight excluding hydrogens is 304 g/mol. The molecule has 0 heterocycles. The molecule has 1 aromatic rings. The lowest BCUT2D eigenvalue weighted by Crippen LogP contribution is -2.34. The van der Waals surface area contributed by atoms with Crippen LogP contribution in [0.15, 0.2) is 22.7 Å². The lowest BCUT2D eigenvalue weighted by molar-refractivity contribution is 0.0932. The number of halogens is 1. The highest BCUT2D eigenvalue weighted by Crippen LogP contribution is 2.18. The third-order valence-electron chi connectivity index (χ3n) is 3.06. The number of nitrogen functional groups attached to an aromatic ring is 1. The molecule has 3 nitrogen and oxygen atoms in total. The van der Waals surface area contributed by atoms with Crippen LogP contribution in [0.3, 0.4) is 0 Å². The van der Waals surface area contributed by atoms with Crippen LogP contribution in [0.25, 0.3) is 0 Å². The van der Waals surface area contributed by atoms with Crippen LogP contribution >= 0.6 is 15.9 Å². The molecule has 0 saturated heterocycles. The van der Waals surface area contributed by atoms with E-state index in [-0.39, 0.29) is 11.9 Å². The van der Waals surface area contributed by atoms with Crippen molar-refractivity contribution in [2.24, 2.45) is 0 Å². The lowest BCUT2D eigenvalue weighted by Gasteiger charge is -2.18. The third-order valence-corrected chi connectivity index (χ3v) is 3.52. The molecule has 1 unspecified atom stereocenters. The molecule has 0 spiro atoms. The summed E-state index contributed by atoms with van der Waals surface area (Å²) in [5.74, 6) is -0.0393. The zero-order valence-corrected chi connectivity index (χ0v) is 13.3. The van der Waals surface area contributed by atoms with Crippen LogP contribution in [0, 0.1) is 0 Å². The van der Waals surface area contributed by atoms with Gasteiger partial charge in [0.15, 0.2) is 0 Å². The van der Waals surface area contributed by atoms with Crippen LogP contribution in [-0.4, -0.2) is 11.9 Å². The van der Waals surface area contributed by atoms with Crippen molar-refractivity contribution < 1.29 is 4.79 Å². The van der Waals surface area contributed by atoms with Crippen molar-refractivity contribution >= 4 is 27.5 Å². The largest absolute Gasteiger partial charge is 0.399 e. The standard InChI is InChI=1S/C15H23BrN2O/c1-3-5-7-14(6-4-2)18-15(19)11-8-12(16)10-13(17)9-11/h8-10,14H,3-7,17H2,1-2H3,(H,18,19). The van der Waals surface area contributed by atoms with Gasteiger partial charge < -0.3 is 11.1 Å². The van der Waals surface area contributed by atoms with Crippen molar-refractivity contribution in [3.63, 3.8) is 0 Å². The molecule has 1 aromatic carbocycles. The highest BCUT2D eigenvalue weighted by Gasteiger charge is 2.13. The van der Waals surface area contributed by atoms with Gasteiger partial charge in [0, 0.05) is 21.8 Å². The molecule has 106 valence electrons. The number of amides is 1. The Morgan fingerprint density at radius 1 is 1.26 bits per heavy atom. The monoisotopic (exact) mass is 326 g/mol. The highest BCUT2D eigenvalue weighted by molar-refractivity contribution is 9.10. The SMILES string of the molecule is CCCCC(CCC)NC(=O)c1cc(N)cc(Br)c1. The molecule has 0 saturated carbocycles. The fraction of sp³-hybridized carbons (Fsp3) is 0.533. The quantitative estimate of drug-likeness (QED) is 0.740. The predicted octanol–water partition coefficient (Wildman–Crippen LogP) is 4.12. The summed E-state index contributed by atoms with van der Waals surface area (Å²) in [5.41, 5.74) is 6.97. The summed E-state index contributed by atoms with van der Waals surface area (Å²) in [6, 6.07) is 5.56. The first kappa shape index (κ1) is 16.0. The Morgan fingerprint density at radius 2 is 2.00 bits per heavy atom. The molecule has 0 aromatic heterocycles. The van der Waals surface area contributed by atoms with E-state index in [1.165, 1.54) is 0 Å². The van der Waals surface area contributed by atoms with Crippen LogP contribution in [0.1, 0.15) is 56.3 Å². The molecule has 0 aliphatic carbocycles. The van der Waals surface area contributed by atoms with Crippen LogP contribution in [0.4, 0.5) is 5.69 Å². The minimum absolute atomic E-state index is 0.0393. The molecule has 1 amide bonds. The van der Waals surface area contributed by atoms with Gasteiger partial charge in [0.2, 0.25) is 0 Å². The summed E-state index contributed by atoms with van der Waals surface area (Å²) in [6.45, 7) is 4.31. The van der Waals surface area contributed by atoms with E-state index in [1.807, 2.05) is 0 Å². The second-order valence-corrected chi connectivity index (χ2v) is 5.79. The Labute approximate surface area is 124 Å². The number of nitrogens with one attached hydrogen (secondary N) is 1. The number of carbonyl (C=O) groups excluding carboxylic acids is 1. The second kappa shape index (κ2) is 8.20. The number of benzene rings is 1. The van der Waals surface area contributed by atoms with E-state index in [0.717, 1.165) is 36.6 Å². The van der Waals surface area contributed by atoms with Crippen LogP contribution < -0.4 is 11.1 Å². The summed E-state index contributed by atoms with van der Waals surface area (Å²) in [5, 5.41) is 3.11. The topological polar surface area (TPSA) is 55.1 Å². The van der Waals surface area contributed by atoms with Gasteiger partial charge in [-0.25, -0.2) is 0 Å².